The van der Waals surface area contributed by atoms with Crippen LogP contribution in [0.5, 0.6) is 11.5 Å². The highest BCUT2D eigenvalue weighted by Gasteiger charge is 2.09. The van der Waals surface area contributed by atoms with Crippen LogP contribution in [-0.4, -0.2) is 32.6 Å². The van der Waals surface area contributed by atoms with Gasteiger partial charge in [-0.25, -0.2) is 0 Å². The summed E-state index contributed by atoms with van der Waals surface area (Å²) in [5.74, 6) is 0.766. The van der Waals surface area contributed by atoms with Gasteiger partial charge >= 0.3 is 0 Å². The third-order valence-corrected chi connectivity index (χ3v) is 3.32. The van der Waals surface area contributed by atoms with Crippen molar-refractivity contribution in [2.45, 2.75) is 6.92 Å². The van der Waals surface area contributed by atoms with Crippen LogP contribution in [0.1, 0.15) is 6.92 Å². The zero-order chi connectivity index (χ0) is 18.2. The van der Waals surface area contributed by atoms with Gasteiger partial charge in [-0.1, -0.05) is 6.07 Å². The van der Waals surface area contributed by atoms with Crippen LogP contribution < -0.4 is 25.4 Å². The minimum atomic E-state index is -0.249. The Balaban J connectivity index is 2.02. The number of amides is 2. The first-order valence-electron chi connectivity index (χ1n) is 7.65. The minimum absolute atomic E-state index is 0.0701. The highest BCUT2D eigenvalue weighted by Crippen LogP contribution is 2.27. The van der Waals surface area contributed by atoms with Crippen molar-refractivity contribution in [3.8, 4) is 11.5 Å². The van der Waals surface area contributed by atoms with Crippen LogP contribution >= 0.6 is 0 Å². The molecule has 0 spiro atoms. The third kappa shape index (κ3) is 5.42. The summed E-state index contributed by atoms with van der Waals surface area (Å²) in [5, 5.41) is 8.45. The van der Waals surface area contributed by atoms with Crippen LogP contribution in [0.3, 0.4) is 0 Å². The van der Waals surface area contributed by atoms with Crippen LogP contribution in [-0.2, 0) is 9.59 Å². The number of methoxy groups -OCH3 is 2. The highest BCUT2D eigenvalue weighted by atomic mass is 16.5. The lowest BCUT2D eigenvalue weighted by Crippen LogP contribution is -2.22. The van der Waals surface area contributed by atoms with Gasteiger partial charge in [-0.2, -0.15) is 0 Å². The van der Waals surface area contributed by atoms with Gasteiger partial charge in [0.05, 0.1) is 26.5 Å². The zero-order valence-electron chi connectivity index (χ0n) is 14.4. The fraction of sp³-hybridized carbons (Fsp3) is 0.222. The average molecular weight is 343 g/mol. The lowest BCUT2D eigenvalue weighted by atomic mass is 10.2. The Morgan fingerprint density at radius 2 is 1.76 bits per heavy atom. The van der Waals surface area contributed by atoms with Gasteiger partial charge in [0.25, 0.3) is 0 Å². The Kier molecular flexibility index (Phi) is 6.22. The highest BCUT2D eigenvalue weighted by molar-refractivity contribution is 5.96. The summed E-state index contributed by atoms with van der Waals surface area (Å²) >= 11 is 0. The maximum absolute atomic E-state index is 12.2. The van der Waals surface area contributed by atoms with Gasteiger partial charge in [-0.05, 0) is 30.3 Å². The number of carbonyl (C=O) groups excluding carboxylic acids is 2. The van der Waals surface area contributed by atoms with E-state index in [1.807, 2.05) is 18.2 Å². The molecule has 0 atom stereocenters. The van der Waals surface area contributed by atoms with Crippen LogP contribution in [0.25, 0.3) is 0 Å². The smallest absolute Gasteiger partial charge is 0.243 e. The van der Waals surface area contributed by atoms with Crippen molar-refractivity contribution in [3.63, 3.8) is 0 Å². The first-order chi connectivity index (χ1) is 12.0. The average Bonchev–Trinajstić information content (AvgIpc) is 2.60. The summed E-state index contributed by atoms with van der Waals surface area (Å²) < 4.78 is 10.4. The summed E-state index contributed by atoms with van der Waals surface area (Å²) in [6, 6.07) is 12.3. The van der Waals surface area contributed by atoms with E-state index in [1.165, 1.54) is 14.0 Å². The van der Waals surface area contributed by atoms with Gasteiger partial charge in [0.15, 0.2) is 0 Å². The van der Waals surface area contributed by atoms with E-state index in [4.69, 9.17) is 9.47 Å². The van der Waals surface area contributed by atoms with E-state index in [9.17, 15) is 9.59 Å². The second kappa shape index (κ2) is 8.58. The van der Waals surface area contributed by atoms with E-state index in [1.54, 1.807) is 31.4 Å². The number of hydrogen-bond donors (Lipinski definition) is 3. The summed E-state index contributed by atoms with van der Waals surface area (Å²) in [6.07, 6.45) is 0. The molecule has 2 rings (SSSR count). The van der Waals surface area contributed by atoms with E-state index < -0.39 is 0 Å². The molecule has 0 saturated carbocycles. The summed E-state index contributed by atoms with van der Waals surface area (Å²) in [4.78, 5) is 23.4. The van der Waals surface area contributed by atoms with E-state index in [-0.39, 0.29) is 18.4 Å². The quantitative estimate of drug-likeness (QED) is 0.719. The normalized spacial score (nSPS) is 9.88. The molecule has 0 saturated heterocycles. The summed E-state index contributed by atoms with van der Waals surface area (Å²) in [7, 11) is 3.09. The predicted molar refractivity (Wildman–Crippen MR) is 97.4 cm³/mol. The van der Waals surface area contributed by atoms with E-state index in [0.717, 1.165) is 5.69 Å². The van der Waals surface area contributed by atoms with Gasteiger partial charge < -0.3 is 25.4 Å². The molecule has 2 aromatic carbocycles. The molecule has 0 radical (unpaired) electrons. The molecule has 0 heterocycles. The fourth-order valence-corrected chi connectivity index (χ4v) is 2.20. The van der Waals surface area contributed by atoms with Crippen LogP contribution in [0.4, 0.5) is 17.1 Å². The van der Waals surface area contributed by atoms with Crippen molar-refractivity contribution in [3.05, 3.63) is 42.5 Å². The standard InChI is InChI=1S/C18H21N3O4/c1-12(22)20-14-7-8-17(25-3)16(10-14)21-18(23)11-19-13-5-4-6-15(9-13)24-2/h4-10,19H,11H2,1-3H3,(H,20,22)(H,21,23). The number of carbonyl (C=O) groups is 2. The largest absolute Gasteiger partial charge is 0.497 e. The molecule has 2 aromatic rings. The Bertz CT molecular complexity index is 762. The van der Waals surface area contributed by atoms with Gasteiger partial charge in [0, 0.05) is 24.4 Å². The molecule has 0 aliphatic carbocycles. The number of nitrogens with one attached hydrogen (secondary N) is 3. The van der Waals surface area contributed by atoms with E-state index >= 15 is 0 Å². The number of hydrogen-bond acceptors (Lipinski definition) is 5. The number of rotatable bonds is 7. The van der Waals surface area contributed by atoms with Crippen molar-refractivity contribution in [2.75, 3.05) is 36.7 Å². The lowest BCUT2D eigenvalue weighted by molar-refractivity contribution is -0.115. The van der Waals surface area contributed by atoms with Gasteiger partial charge in [0.1, 0.15) is 11.5 Å². The topological polar surface area (TPSA) is 88.7 Å². The Hall–Kier alpha value is -3.22. The van der Waals surface area contributed by atoms with Gasteiger partial charge in [-0.15, -0.1) is 0 Å². The molecule has 0 bridgehead atoms. The number of anilines is 3. The molecule has 3 N–H and O–H groups in total. The summed E-state index contributed by atoms with van der Waals surface area (Å²) in [6.45, 7) is 1.49. The minimum Gasteiger partial charge on any atom is -0.497 e. The molecule has 132 valence electrons. The molecule has 0 aromatic heterocycles. The molecular formula is C18H21N3O4. The maximum atomic E-state index is 12.2. The molecule has 7 heteroatoms. The zero-order valence-corrected chi connectivity index (χ0v) is 14.4. The molecule has 7 nitrogen and oxygen atoms in total. The van der Waals surface area contributed by atoms with Crippen molar-refractivity contribution < 1.29 is 19.1 Å². The first kappa shape index (κ1) is 18.1. The lowest BCUT2D eigenvalue weighted by Gasteiger charge is -2.13. The Morgan fingerprint density at radius 3 is 2.44 bits per heavy atom. The maximum Gasteiger partial charge on any atom is 0.243 e. The van der Waals surface area contributed by atoms with Gasteiger partial charge in [-0.3, -0.25) is 9.59 Å². The fourth-order valence-electron chi connectivity index (χ4n) is 2.20. The SMILES string of the molecule is COc1cccc(NCC(=O)Nc2cc(NC(C)=O)ccc2OC)c1. The van der Waals surface area contributed by atoms with Crippen LogP contribution in [0.15, 0.2) is 42.5 Å². The second-order valence-corrected chi connectivity index (χ2v) is 5.23. The molecule has 2 amide bonds. The van der Waals surface area contributed by atoms with Crippen LogP contribution in [0.2, 0.25) is 0 Å². The van der Waals surface area contributed by atoms with Crippen molar-refractivity contribution in [1.29, 1.82) is 0 Å². The molecule has 0 aliphatic heterocycles. The molecule has 0 fully saturated rings. The summed E-state index contributed by atoms with van der Waals surface area (Å²) in [5.41, 5.74) is 1.82. The van der Waals surface area contributed by atoms with E-state index in [2.05, 4.69) is 16.0 Å². The molecule has 25 heavy (non-hydrogen) atoms. The monoisotopic (exact) mass is 343 g/mol. The first-order valence-corrected chi connectivity index (χ1v) is 7.65. The molecular weight excluding hydrogens is 322 g/mol. The van der Waals surface area contributed by atoms with E-state index in [0.29, 0.717) is 22.9 Å². The molecule has 0 aliphatic rings. The van der Waals surface area contributed by atoms with Crippen molar-refractivity contribution in [2.24, 2.45) is 0 Å². The number of ether oxygens (including phenoxy) is 2. The number of benzene rings is 2. The van der Waals surface area contributed by atoms with Crippen molar-refractivity contribution >= 4 is 28.9 Å². The molecule has 0 unspecified atom stereocenters. The Morgan fingerprint density at radius 1 is 0.960 bits per heavy atom. The van der Waals surface area contributed by atoms with Crippen LogP contribution in [0, 0.1) is 0 Å². The predicted octanol–water partition coefficient (Wildman–Crippen LogP) is 2.71. The Labute approximate surface area is 146 Å². The van der Waals surface area contributed by atoms with Crippen molar-refractivity contribution in [1.82, 2.24) is 0 Å². The van der Waals surface area contributed by atoms with Gasteiger partial charge in [0.2, 0.25) is 11.8 Å². The second-order valence-electron chi connectivity index (χ2n) is 5.23. The third-order valence-electron chi connectivity index (χ3n) is 3.32.